The number of hydrogen-bond donors (Lipinski definition) is 1. The van der Waals surface area contributed by atoms with Crippen molar-refractivity contribution in [3.05, 3.63) is 59.4 Å². The van der Waals surface area contributed by atoms with Crippen LogP contribution in [0.2, 0.25) is 0 Å². The van der Waals surface area contributed by atoms with Crippen molar-refractivity contribution >= 4 is 39.0 Å². The standard InChI is InChI=1S/C25H28N6O5S/c1-25(2,3)17-9-7-8-15(10-17)21(32)28-18-11-19(22(36-5)26-13-18)31-14-16-12-27-23(37(6,34)35)29-20(16)30(4)24(31)33/h7-13H,14H2,1-6H3,(H,28,32). The fourth-order valence-electron chi connectivity index (χ4n) is 3.85. The number of methoxy groups -OCH3 is 1. The molecule has 3 amide bonds. The lowest BCUT2D eigenvalue weighted by molar-refractivity contribution is 0.102. The van der Waals surface area contributed by atoms with Crippen LogP contribution in [0.4, 0.5) is 22.0 Å². The first-order valence-corrected chi connectivity index (χ1v) is 13.3. The van der Waals surface area contributed by atoms with Crippen LogP contribution in [0.25, 0.3) is 0 Å². The van der Waals surface area contributed by atoms with E-state index in [2.05, 4.69) is 41.0 Å². The van der Waals surface area contributed by atoms with E-state index in [1.165, 1.54) is 36.4 Å². The molecule has 0 spiro atoms. The Balaban J connectivity index is 1.66. The van der Waals surface area contributed by atoms with Gasteiger partial charge in [-0.25, -0.2) is 28.2 Å². The first-order valence-electron chi connectivity index (χ1n) is 11.4. The maximum atomic E-state index is 13.3. The molecule has 1 aliphatic rings. The second-order valence-electron chi connectivity index (χ2n) is 9.74. The number of carbonyl (C=O) groups excluding carboxylic acids is 2. The molecule has 11 nitrogen and oxygen atoms in total. The zero-order chi connectivity index (χ0) is 27.1. The molecule has 3 aromatic rings. The Hall–Kier alpha value is -4.06. The number of pyridine rings is 1. The minimum absolute atomic E-state index is 0.0472. The van der Waals surface area contributed by atoms with Gasteiger partial charge in [0.25, 0.3) is 5.91 Å². The molecule has 1 N–H and O–H groups in total. The molecule has 12 heteroatoms. The second-order valence-corrected chi connectivity index (χ2v) is 11.6. The number of amides is 3. The van der Waals surface area contributed by atoms with Crippen molar-refractivity contribution in [2.75, 3.05) is 35.5 Å². The molecule has 0 aliphatic carbocycles. The van der Waals surface area contributed by atoms with Gasteiger partial charge in [-0.3, -0.25) is 14.6 Å². The van der Waals surface area contributed by atoms with Gasteiger partial charge in [0.1, 0.15) is 11.5 Å². The number of nitrogens with zero attached hydrogens (tertiary/aromatic N) is 5. The lowest BCUT2D eigenvalue weighted by atomic mass is 9.86. The minimum atomic E-state index is -3.65. The van der Waals surface area contributed by atoms with Gasteiger partial charge in [0.05, 0.1) is 25.5 Å². The van der Waals surface area contributed by atoms with Crippen molar-refractivity contribution in [3.63, 3.8) is 0 Å². The Morgan fingerprint density at radius 2 is 1.86 bits per heavy atom. The highest BCUT2D eigenvalue weighted by Crippen LogP contribution is 2.35. The number of nitrogens with one attached hydrogen (secondary N) is 1. The van der Waals surface area contributed by atoms with Crippen molar-refractivity contribution in [1.82, 2.24) is 15.0 Å². The molecule has 3 heterocycles. The summed E-state index contributed by atoms with van der Waals surface area (Å²) in [4.78, 5) is 41.2. The van der Waals surface area contributed by atoms with Gasteiger partial charge < -0.3 is 10.1 Å². The molecule has 4 rings (SSSR count). The molecule has 1 aliphatic heterocycles. The van der Waals surface area contributed by atoms with Crippen molar-refractivity contribution < 1.29 is 22.7 Å². The van der Waals surface area contributed by atoms with E-state index >= 15 is 0 Å². The molecule has 0 radical (unpaired) electrons. The topological polar surface area (TPSA) is 135 Å². The zero-order valence-electron chi connectivity index (χ0n) is 21.4. The van der Waals surface area contributed by atoms with Crippen molar-refractivity contribution in [3.8, 4) is 5.88 Å². The van der Waals surface area contributed by atoms with Crippen LogP contribution >= 0.6 is 0 Å². The molecule has 0 bridgehead atoms. The van der Waals surface area contributed by atoms with Crippen molar-refractivity contribution in [2.24, 2.45) is 0 Å². The molecule has 2 aromatic heterocycles. The third-order valence-corrected chi connectivity index (χ3v) is 6.74. The molecule has 0 saturated carbocycles. The van der Waals surface area contributed by atoms with Crippen LogP contribution < -0.4 is 19.9 Å². The van der Waals surface area contributed by atoms with E-state index in [1.807, 2.05) is 18.2 Å². The van der Waals surface area contributed by atoms with E-state index in [0.717, 1.165) is 11.8 Å². The summed E-state index contributed by atoms with van der Waals surface area (Å²) in [6, 6.07) is 8.50. The summed E-state index contributed by atoms with van der Waals surface area (Å²) < 4.78 is 29.1. The average molecular weight is 525 g/mol. The van der Waals surface area contributed by atoms with E-state index in [0.29, 0.717) is 22.5 Å². The quantitative estimate of drug-likeness (QED) is 0.502. The first-order chi connectivity index (χ1) is 17.3. The molecule has 0 saturated heterocycles. The Morgan fingerprint density at radius 3 is 2.51 bits per heavy atom. The molecule has 37 heavy (non-hydrogen) atoms. The fourth-order valence-corrected chi connectivity index (χ4v) is 4.35. The van der Waals surface area contributed by atoms with Gasteiger partial charge in [-0.1, -0.05) is 32.9 Å². The molecule has 0 atom stereocenters. The summed E-state index contributed by atoms with van der Waals surface area (Å²) in [5.41, 5.74) is 2.62. The maximum absolute atomic E-state index is 13.3. The number of carbonyl (C=O) groups is 2. The highest BCUT2D eigenvalue weighted by molar-refractivity contribution is 7.90. The molecular weight excluding hydrogens is 496 g/mol. The van der Waals surface area contributed by atoms with E-state index < -0.39 is 15.9 Å². The van der Waals surface area contributed by atoms with Gasteiger partial charge in [0.15, 0.2) is 0 Å². The summed E-state index contributed by atoms with van der Waals surface area (Å²) in [5.74, 6) is 0.0524. The average Bonchev–Trinajstić information content (AvgIpc) is 2.85. The predicted octanol–water partition coefficient (Wildman–Crippen LogP) is 3.41. The number of fused-ring (bicyclic) bond motifs is 1. The van der Waals surface area contributed by atoms with E-state index in [4.69, 9.17) is 4.74 Å². The molecular formula is C25H28N6O5S. The molecule has 194 valence electrons. The summed E-state index contributed by atoms with van der Waals surface area (Å²) in [6.07, 6.45) is 3.82. The Bertz CT molecular complexity index is 1500. The van der Waals surface area contributed by atoms with Crippen molar-refractivity contribution in [2.45, 2.75) is 37.9 Å². The normalized spacial score (nSPS) is 13.8. The van der Waals surface area contributed by atoms with Gasteiger partial charge in [-0.15, -0.1) is 0 Å². The summed E-state index contributed by atoms with van der Waals surface area (Å²) >= 11 is 0. The van der Waals surface area contributed by atoms with E-state index in [9.17, 15) is 18.0 Å². The number of sulfone groups is 1. The lowest BCUT2D eigenvalue weighted by Crippen LogP contribution is -2.46. The van der Waals surface area contributed by atoms with Crippen LogP contribution in [0.5, 0.6) is 5.88 Å². The molecule has 1 aromatic carbocycles. The van der Waals surface area contributed by atoms with Gasteiger partial charge in [-0.05, 0) is 29.2 Å². The number of aromatic nitrogens is 3. The van der Waals surface area contributed by atoms with Crippen LogP contribution in [-0.2, 0) is 21.8 Å². The first kappa shape index (κ1) is 26.0. The van der Waals surface area contributed by atoms with E-state index in [1.54, 1.807) is 12.1 Å². The van der Waals surface area contributed by atoms with Gasteiger partial charge in [-0.2, -0.15) is 0 Å². The zero-order valence-corrected chi connectivity index (χ0v) is 22.3. The molecule has 0 fully saturated rings. The maximum Gasteiger partial charge on any atom is 0.330 e. The Kier molecular flexibility index (Phi) is 6.63. The third-order valence-electron chi connectivity index (χ3n) is 5.88. The highest BCUT2D eigenvalue weighted by atomic mass is 32.2. The smallest absolute Gasteiger partial charge is 0.330 e. The predicted molar refractivity (Wildman–Crippen MR) is 139 cm³/mol. The number of rotatable bonds is 5. The van der Waals surface area contributed by atoms with E-state index in [-0.39, 0.29) is 34.7 Å². The summed E-state index contributed by atoms with van der Waals surface area (Å²) in [5, 5.41) is 2.47. The fraction of sp³-hybridized carbons (Fsp3) is 0.320. The van der Waals surface area contributed by atoms with Crippen LogP contribution in [0.1, 0.15) is 42.3 Å². The summed E-state index contributed by atoms with van der Waals surface area (Å²) in [7, 11) is -0.736. The Labute approximate surface area is 215 Å². The largest absolute Gasteiger partial charge is 0.480 e. The third kappa shape index (κ3) is 5.24. The summed E-state index contributed by atoms with van der Waals surface area (Å²) in [6.45, 7) is 6.26. The van der Waals surface area contributed by atoms with Gasteiger partial charge in [0, 0.05) is 30.6 Å². The van der Waals surface area contributed by atoms with Gasteiger partial charge >= 0.3 is 6.03 Å². The SMILES string of the molecule is COc1ncc(NC(=O)c2cccc(C(C)(C)C)c2)cc1N1Cc2cnc(S(C)(=O)=O)nc2N(C)C1=O. The van der Waals surface area contributed by atoms with Crippen molar-refractivity contribution in [1.29, 1.82) is 0 Å². The molecule has 0 unspecified atom stereocenters. The monoisotopic (exact) mass is 524 g/mol. The van der Waals surface area contributed by atoms with Crippen LogP contribution in [0.3, 0.4) is 0 Å². The number of anilines is 3. The highest BCUT2D eigenvalue weighted by Gasteiger charge is 2.33. The lowest BCUT2D eigenvalue weighted by Gasteiger charge is -2.34. The Morgan fingerprint density at radius 1 is 1.14 bits per heavy atom. The van der Waals surface area contributed by atoms with Crippen LogP contribution in [0.15, 0.2) is 47.9 Å². The number of benzene rings is 1. The van der Waals surface area contributed by atoms with Crippen LogP contribution in [-0.4, -0.2) is 55.7 Å². The van der Waals surface area contributed by atoms with Crippen LogP contribution in [0, 0.1) is 0 Å². The second kappa shape index (κ2) is 9.43. The number of hydrogen-bond acceptors (Lipinski definition) is 8. The number of urea groups is 1. The number of ether oxygens (including phenoxy) is 1. The van der Waals surface area contributed by atoms with Gasteiger partial charge in [0.2, 0.25) is 20.9 Å². The minimum Gasteiger partial charge on any atom is -0.480 e.